The second-order valence-corrected chi connectivity index (χ2v) is 7.42. The zero-order chi connectivity index (χ0) is 14.8. The molecule has 1 saturated heterocycles. The van der Waals surface area contributed by atoms with Gasteiger partial charge in [-0.15, -0.1) is 0 Å². The highest BCUT2D eigenvalue weighted by atomic mass is 35.5. The van der Waals surface area contributed by atoms with E-state index in [1.165, 1.54) is 17.1 Å². The van der Waals surface area contributed by atoms with Crippen molar-refractivity contribution in [3.63, 3.8) is 0 Å². The Labute approximate surface area is 125 Å². The van der Waals surface area contributed by atoms with Crippen LogP contribution in [0.25, 0.3) is 0 Å². The minimum absolute atomic E-state index is 0.00517. The van der Waals surface area contributed by atoms with E-state index in [0.717, 1.165) is 19.6 Å². The highest BCUT2D eigenvalue weighted by Gasteiger charge is 2.26. The predicted octanol–water partition coefficient (Wildman–Crippen LogP) is 1.64. The van der Waals surface area contributed by atoms with E-state index in [-0.39, 0.29) is 15.6 Å². The van der Waals surface area contributed by atoms with Gasteiger partial charge in [0.25, 0.3) is 0 Å². The second kappa shape index (κ2) is 6.30. The average Bonchev–Trinajstić information content (AvgIpc) is 2.88. The summed E-state index contributed by atoms with van der Waals surface area (Å²) in [6.45, 7) is 3.26. The Bertz CT molecular complexity index is 551. The number of sulfonamides is 1. The Morgan fingerprint density at radius 3 is 2.60 bits per heavy atom. The van der Waals surface area contributed by atoms with Crippen molar-refractivity contribution in [3.8, 4) is 0 Å². The number of nitrogen functional groups attached to an aromatic ring is 1. The molecule has 7 heteroatoms. The maximum absolute atomic E-state index is 12.5. The van der Waals surface area contributed by atoms with Crippen LogP contribution in [-0.4, -0.2) is 50.8 Å². The van der Waals surface area contributed by atoms with Crippen LogP contribution in [0, 0.1) is 0 Å². The first kappa shape index (κ1) is 15.6. The molecule has 0 aliphatic carbocycles. The van der Waals surface area contributed by atoms with Crippen molar-refractivity contribution in [2.45, 2.75) is 17.7 Å². The molecule has 2 rings (SSSR count). The molecule has 0 bridgehead atoms. The SMILES string of the molecule is CN(CCN1CCCC1)S(=O)(=O)c1c(N)cccc1Cl. The van der Waals surface area contributed by atoms with Gasteiger partial charge >= 0.3 is 0 Å². The molecule has 0 radical (unpaired) electrons. The summed E-state index contributed by atoms with van der Waals surface area (Å²) in [7, 11) is -2.08. The molecule has 0 atom stereocenters. The van der Waals surface area contributed by atoms with E-state index >= 15 is 0 Å². The highest BCUT2D eigenvalue weighted by Crippen LogP contribution is 2.29. The van der Waals surface area contributed by atoms with Gasteiger partial charge in [-0.3, -0.25) is 0 Å². The minimum Gasteiger partial charge on any atom is -0.398 e. The Morgan fingerprint density at radius 2 is 2.00 bits per heavy atom. The maximum Gasteiger partial charge on any atom is 0.246 e. The van der Waals surface area contributed by atoms with Crippen LogP contribution in [0.2, 0.25) is 5.02 Å². The summed E-state index contributed by atoms with van der Waals surface area (Å²) >= 11 is 5.99. The van der Waals surface area contributed by atoms with E-state index in [1.54, 1.807) is 25.2 Å². The van der Waals surface area contributed by atoms with Gasteiger partial charge in [0.1, 0.15) is 4.90 Å². The predicted molar refractivity (Wildman–Crippen MR) is 81.4 cm³/mol. The van der Waals surface area contributed by atoms with Crippen LogP contribution in [0.3, 0.4) is 0 Å². The third-order valence-electron chi connectivity index (χ3n) is 3.60. The molecule has 1 aliphatic rings. The van der Waals surface area contributed by atoms with E-state index in [4.69, 9.17) is 17.3 Å². The van der Waals surface area contributed by atoms with Crippen LogP contribution in [0.1, 0.15) is 12.8 Å². The van der Waals surface area contributed by atoms with Gasteiger partial charge < -0.3 is 10.6 Å². The van der Waals surface area contributed by atoms with Crippen molar-refractivity contribution in [1.82, 2.24) is 9.21 Å². The second-order valence-electron chi connectivity index (χ2n) is 5.03. The molecule has 5 nitrogen and oxygen atoms in total. The number of halogens is 1. The molecule has 0 unspecified atom stereocenters. The zero-order valence-electron chi connectivity index (χ0n) is 11.5. The first-order chi connectivity index (χ1) is 9.43. The molecule has 1 aliphatic heterocycles. The van der Waals surface area contributed by atoms with Crippen molar-refractivity contribution < 1.29 is 8.42 Å². The standard InChI is InChI=1S/C13H20ClN3O2S/c1-16(9-10-17-7-2-3-8-17)20(18,19)13-11(14)5-4-6-12(13)15/h4-6H,2-3,7-10,15H2,1H3. The molecule has 0 amide bonds. The smallest absolute Gasteiger partial charge is 0.246 e. The Balaban J connectivity index is 2.12. The fourth-order valence-corrected chi connectivity index (χ4v) is 4.15. The van der Waals surface area contributed by atoms with Gasteiger partial charge in [0.2, 0.25) is 10.0 Å². The monoisotopic (exact) mass is 317 g/mol. The Hall–Kier alpha value is -0.820. The molecule has 1 aromatic carbocycles. The molecular weight excluding hydrogens is 298 g/mol. The molecule has 1 fully saturated rings. The lowest BCUT2D eigenvalue weighted by molar-refractivity contribution is 0.310. The molecule has 20 heavy (non-hydrogen) atoms. The summed E-state index contributed by atoms with van der Waals surface area (Å²) in [4.78, 5) is 2.27. The van der Waals surface area contributed by atoms with Crippen molar-refractivity contribution in [2.75, 3.05) is 39.0 Å². The van der Waals surface area contributed by atoms with Crippen LogP contribution in [-0.2, 0) is 10.0 Å². The number of hydrogen-bond acceptors (Lipinski definition) is 4. The lowest BCUT2D eigenvalue weighted by Gasteiger charge is -2.22. The molecule has 0 aromatic heterocycles. The molecule has 0 spiro atoms. The fraction of sp³-hybridized carbons (Fsp3) is 0.538. The zero-order valence-corrected chi connectivity index (χ0v) is 13.1. The van der Waals surface area contributed by atoms with Gasteiger partial charge in [-0.25, -0.2) is 8.42 Å². The number of nitrogens with two attached hydrogens (primary N) is 1. The molecule has 1 aromatic rings. The van der Waals surface area contributed by atoms with E-state index in [1.807, 2.05) is 0 Å². The van der Waals surface area contributed by atoms with Crippen molar-refractivity contribution in [2.24, 2.45) is 0 Å². The first-order valence-electron chi connectivity index (χ1n) is 6.65. The molecule has 1 heterocycles. The van der Waals surface area contributed by atoms with Crippen LogP contribution in [0.15, 0.2) is 23.1 Å². The van der Waals surface area contributed by atoms with Gasteiger partial charge in [-0.05, 0) is 38.1 Å². The normalized spacial score (nSPS) is 16.9. The fourth-order valence-electron chi connectivity index (χ4n) is 2.36. The molecule has 2 N–H and O–H groups in total. The summed E-state index contributed by atoms with van der Waals surface area (Å²) in [5.74, 6) is 0. The topological polar surface area (TPSA) is 66.6 Å². The molecule has 0 saturated carbocycles. The Kier molecular flexibility index (Phi) is 4.90. The summed E-state index contributed by atoms with van der Waals surface area (Å²) in [5.41, 5.74) is 5.95. The van der Waals surface area contributed by atoms with E-state index in [2.05, 4.69) is 4.90 Å². The number of likely N-dealkylation sites (N-methyl/N-ethyl adjacent to an activating group) is 1. The summed E-state index contributed by atoms with van der Waals surface area (Å²) in [6.07, 6.45) is 2.38. The minimum atomic E-state index is -3.64. The van der Waals surface area contributed by atoms with Crippen molar-refractivity contribution >= 4 is 27.3 Å². The van der Waals surface area contributed by atoms with Crippen LogP contribution < -0.4 is 5.73 Å². The van der Waals surface area contributed by atoms with Gasteiger partial charge in [0, 0.05) is 20.1 Å². The largest absolute Gasteiger partial charge is 0.398 e. The third-order valence-corrected chi connectivity index (χ3v) is 6.00. The number of rotatable bonds is 5. The summed E-state index contributed by atoms with van der Waals surface area (Å²) < 4.78 is 26.4. The van der Waals surface area contributed by atoms with E-state index in [0.29, 0.717) is 6.54 Å². The number of nitrogens with zero attached hydrogens (tertiary/aromatic N) is 2. The number of benzene rings is 1. The summed E-state index contributed by atoms with van der Waals surface area (Å²) in [5, 5.41) is 0.165. The van der Waals surface area contributed by atoms with Gasteiger partial charge in [-0.2, -0.15) is 4.31 Å². The van der Waals surface area contributed by atoms with Crippen LogP contribution in [0.4, 0.5) is 5.69 Å². The first-order valence-corrected chi connectivity index (χ1v) is 8.47. The van der Waals surface area contributed by atoms with E-state index < -0.39 is 10.0 Å². The number of anilines is 1. The van der Waals surface area contributed by atoms with Gasteiger partial charge in [0.05, 0.1) is 10.7 Å². The van der Waals surface area contributed by atoms with Gasteiger partial charge in [0.15, 0.2) is 0 Å². The van der Waals surface area contributed by atoms with Crippen LogP contribution in [0.5, 0.6) is 0 Å². The van der Waals surface area contributed by atoms with Crippen molar-refractivity contribution in [1.29, 1.82) is 0 Å². The van der Waals surface area contributed by atoms with Crippen molar-refractivity contribution in [3.05, 3.63) is 23.2 Å². The lowest BCUT2D eigenvalue weighted by Crippen LogP contribution is -2.35. The summed E-state index contributed by atoms with van der Waals surface area (Å²) in [6, 6.07) is 4.73. The third kappa shape index (κ3) is 3.25. The van der Waals surface area contributed by atoms with Gasteiger partial charge in [-0.1, -0.05) is 17.7 Å². The maximum atomic E-state index is 12.5. The number of likely N-dealkylation sites (tertiary alicyclic amines) is 1. The Morgan fingerprint density at radius 1 is 1.35 bits per heavy atom. The molecular formula is C13H20ClN3O2S. The van der Waals surface area contributed by atoms with Crippen LogP contribution >= 0.6 is 11.6 Å². The lowest BCUT2D eigenvalue weighted by atomic mass is 10.3. The quantitative estimate of drug-likeness (QED) is 0.838. The van der Waals surface area contributed by atoms with E-state index in [9.17, 15) is 8.42 Å². The highest BCUT2D eigenvalue weighted by molar-refractivity contribution is 7.89. The molecule has 112 valence electrons. The number of hydrogen-bond donors (Lipinski definition) is 1. The average molecular weight is 318 g/mol.